The number of ether oxygens (including phenoxy) is 1. The van der Waals surface area contributed by atoms with Crippen molar-refractivity contribution >= 4 is 15.9 Å². The third-order valence-corrected chi connectivity index (χ3v) is 9.52. The second-order valence-corrected chi connectivity index (χ2v) is 12.5. The molecule has 1 saturated carbocycles. The maximum absolute atomic E-state index is 13.0. The van der Waals surface area contributed by atoms with Crippen LogP contribution in [0, 0.1) is 6.92 Å². The molecule has 40 heavy (non-hydrogen) atoms. The molecule has 1 saturated heterocycles. The van der Waals surface area contributed by atoms with Gasteiger partial charge >= 0.3 is 0 Å². The smallest absolute Gasteiger partial charge is 0.260 e. The van der Waals surface area contributed by atoms with Crippen LogP contribution in [-0.4, -0.2) is 63.0 Å². The molecular weight excluding hydrogens is 522 g/mol. The number of sulfonamides is 1. The SMILES string of the molecule is Cc1cc(S(=O)(=O)NC2CCCCC2)ccc1OCC(=O)N1CCN(C(c2ccccc2)c2ccccc2)CC1. The molecule has 1 aliphatic carbocycles. The minimum absolute atomic E-state index is 0.00346. The van der Waals surface area contributed by atoms with Gasteiger partial charge in [-0.25, -0.2) is 13.1 Å². The number of hydrogen-bond donors (Lipinski definition) is 1. The zero-order chi connectivity index (χ0) is 28.0. The lowest BCUT2D eigenvalue weighted by molar-refractivity contribution is -0.135. The summed E-state index contributed by atoms with van der Waals surface area (Å²) in [5.74, 6) is 0.461. The van der Waals surface area contributed by atoms with Gasteiger partial charge in [-0.3, -0.25) is 9.69 Å². The fraction of sp³-hybridized carbons (Fsp3) is 0.406. The van der Waals surface area contributed by atoms with Crippen molar-refractivity contribution in [3.8, 4) is 5.75 Å². The van der Waals surface area contributed by atoms with Gasteiger partial charge in [0.25, 0.3) is 5.91 Å². The molecule has 5 rings (SSSR count). The third-order valence-electron chi connectivity index (χ3n) is 8.00. The number of hydrogen-bond acceptors (Lipinski definition) is 5. The Hall–Kier alpha value is -3.20. The van der Waals surface area contributed by atoms with Gasteiger partial charge in [0.2, 0.25) is 10.0 Å². The summed E-state index contributed by atoms with van der Waals surface area (Å²) in [6.45, 7) is 4.52. The van der Waals surface area contributed by atoms with Gasteiger partial charge in [0.05, 0.1) is 10.9 Å². The number of carbonyl (C=O) groups excluding carboxylic acids is 1. The van der Waals surface area contributed by atoms with E-state index in [9.17, 15) is 13.2 Å². The molecule has 8 heteroatoms. The van der Waals surface area contributed by atoms with Crippen LogP contribution in [-0.2, 0) is 14.8 Å². The summed E-state index contributed by atoms with van der Waals surface area (Å²) in [5, 5.41) is 0. The quantitative estimate of drug-likeness (QED) is 0.401. The first-order chi connectivity index (χ1) is 19.4. The molecular formula is C32H39N3O4S. The molecule has 3 aromatic rings. The van der Waals surface area contributed by atoms with Crippen LogP contribution in [0.1, 0.15) is 54.8 Å². The Kier molecular flexibility index (Phi) is 9.19. The van der Waals surface area contributed by atoms with E-state index in [1.165, 1.54) is 17.5 Å². The maximum atomic E-state index is 13.0. The molecule has 1 aliphatic heterocycles. The summed E-state index contributed by atoms with van der Waals surface area (Å²) in [4.78, 5) is 17.5. The lowest BCUT2D eigenvalue weighted by Gasteiger charge is -2.39. The number of piperazine rings is 1. The van der Waals surface area contributed by atoms with Crippen LogP contribution in [0.2, 0.25) is 0 Å². The van der Waals surface area contributed by atoms with E-state index in [0.717, 1.165) is 38.8 Å². The van der Waals surface area contributed by atoms with E-state index in [1.54, 1.807) is 18.2 Å². The molecule has 1 heterocycles. The zero-order valence-corrected chi connectivity index (χ0v) is 24.0. The maximum Gasteiger partial charge on any atom is 0.260 e. The van der Waals surface area contributed by atoms with Gasteiger partial charge in [0, 0.05) is 32.2 Å². The molecule has 3 aromatic carbocycles. The average molecular weight is 562 g/mol. The van der Waals surface area contributed by atoms with Crippen LogP contribution >= 0.6 is 0 Å². The zero-order valence-electron chi connectivity index (χ0n) is 23.2. The largest absolute Gasteiger partial charge is 0.483 e. The van der Waals surface area contributed by atoms with Crippen LogP contribution < -0.4 is 9.46 Å². The Bertz CT molecular complexity index is 1330. The predicted molar refractivity (Wildman–Crippen MR) is 157 cm³/mol. The molecule has 212 valence electrons. The molecule has 0 atom stereocenters. The molecule has 1 N–H and O–H groups in total. The Labute approximate surface area is 238 Å². The molecule has 7 nitrogen and oxygen atoms in total. The van der Waals surface area contributed by atoms with Gasteiger partial charge in [-0.15, -0.1) is 0 Å². The Morgan fingerprint density at radius 3 is 2.05 bits per heavy atom. The summed E-state index contributed by atoms with van der Waals surface area (Å²) in [6.07, 6.45) is 5.05. The number of nitrogens with zero attached hydrogens (tertiary/aromatic N) is 2. The second-order valence-electron chi connectivity index (χ2n) is 10.8. The molecule has 0 bridgehead atoms. The van der Waals surface area contributed by atoms with E-state index in [2.05, 4.69) is 58.2 Å². The molecule has 0 radical (unpaired) electrons. The Morgan fingerprint density at radius 2 is 1.48 bits per heavy atom. The van der Waals surface area contributed by atoms with Gasteiger partial charge < -0.3 is 9.64 Å². The molecule has 2 aliphatic rings. The summed E-state index contributed by atoms with van der Waals surface area (Å²) >= 11 is 0. The Morgan fingerprint density at radius 1 is 0.875 bits per heavy atom. The average Bonchev–Trinajstić information content (AvgIpc) is 2.98. The summed E-state index contributed by atoms with van der Waals surface area (Å²) in [6, 6.07) is 26.0. The number of rotatable bonds is 9. The number of nitrogens with one attached hydrogen (secondary N) is 1. The monoisotopic (exact) mass is 561 g/mol. The first-order valence-electron chi connectivity index (χ1n) is 14.3. The van der Waals surface area contributed by atoms with Crippen LogP contribution in [0.5, 0.6) is 5.75 Å². The summed E-state index contributed by atoms with van der Waals surface area (Å²) < 4.78 is 34.5. The van der Waals surface area contributed by atoms with Gasteiger partial charge in [-0.05, 0) is 54.7 Å². The van der Waals surface area contributed by atoms with Crippen LogP contribution in [0.3, 0.4) is 0 Å². The van der Waals surface area contributed by atoms with Crippen molar-refractivity contribution in [1.29, 1.82) is 0 Å². The van der Waals surface area contributed by atoms with Crippen molar-refractivity contribution in [3.05, 3.63) is 95.6 Å². The van der Waals surface area contributed by atoms with Crippen molar-refractivity contribution in [3.63, 3.8) is 0 Å². The summed E-state index contributed by atoms with van der Waals surface area (Å²) in [7, 11) is -3.59. The highest BCUT2D eigenvalue weighted by molar-refractivity contribution is 7.89. The summed E-state index contributed by atoms with van der Waals surface area (Å²) in [5.41, 5.74) is 3.18. The molecule has 0 spiro atoms. The molecule has 2 fully saturated rings. The van der Waals surface area contributed by atoms with E-state index < -0.39 is 10.0 Å². The highest BCUT2D eigenvalue weighted by Gasteiger charge is 2.28. The number of aryl methyl sites for hydroxylation is 1. The van der Waals surface area contributed by atoms with Crippen molar-refractivity contribution in [2.45, 2.75) is 56.0 Å². The fourth-order valence-corrected chi connectivity index (χ4v) is 7.19. The van der Waals surface area contributed by atoms with E-state index in [4.69, 9.17) is 4.74 Å². The topological polar surface area (TPSA) is 78.9 Å². The van der Waals surface area contributed by atoms with E-state index in [-0.39, 0.29) is 29.5 Å². The number of amides is 1. The number of carbonyl (C=O) groups is 1. The van der Waals surface area contributed by atoms with Crippen molar-refractivity contribution in [2.75, 3.05) is 32.8 Å². The normalized spacial score (nSPS) is 17.2. The van der Waals surface area contributed by atoms with Crippen molar-refractivity contribution < 1.29 is 17.9 Å². The molecule has 0 aromatic heterocycles. The minimum Gasteiger partial charge on any atom is -0.483 e. The van der Waals surface area contributed by atoms with Crippen molar-refractivity contribution in [1.82, 2.24) is 14.5 Å². The Balaban J connectivity index is 1.16. The van der Waals surface area contributed by atoms with Crippen LogP contribution in [0.25, 0.3) is 0 Å². The highest BCUT2D eigenvalue weighted by Crippen LogP contribution is 2.30. The highest BCUT2D eigenvalue weighted by atomic mass is 32.2. The first kappa shape index (κ1) is 28.3. The van der Waals surface area contributed by atoms with E-state index in [1.807, 2.05) is 24.0 Å². The predicted octanol–water partition coefficient (Wildman–Crippen LogP) is 4.92. The number of benzene rings is 3. The third kappa shape index (κ3) is 6.92. The van der Waals surface area contributed by atoms with Crippen LogP contribution in [0.15, 0.2) is 83.8 Å². The second kappa shape index (κ2) is 13.0. The fourth-order valence-electron chi connectivity index (χ4n) is 5.80. The minimum atomic E-state index is -3.59. The van der Waals surface area contributed by atoms with Gasteiger partial charge in [-0.2, -0.15) is 0 Å². The van der Waals surface area contributed by atoms with Crippen molar-refractivity contribution in [2.24, 2.45) is 0 Å². The van der Waals surface area contributed by atoms with E-state index >= 15 is 0 Å². The standard InChI is InChI=1S/C32H39N3O4S/c1-25-23-29(40(37,38)33-28-15-9-4-10-16-28)17-18-30(25)39-24-31(36)34-19-21-35(22-20-34)32(26-11-5-2-6-12-26)27-13-7-3-8-14-27/h2-3,5-8,11-14,17-18,23,28,32-33H,4,9-10,15-16,19-22,24H2,1H3. The molecule has 0 unspecified atom stereocenters. The van der Waals surface area contributed by atoms with Gasteiger partial charge in [-0.1, -0.05) is 79.9 Å². The van der Waals surface area contributed by atoms with E-state index in [0.29, 0.717) is 24.4 Å². The first-order valence-corrected chi connectivity index (χ1v) is 15.8. The molecule has 1 amide bonds. The lowest BCUT2D eigenvalue weighted by atomic mass is 9.96. The lowest BCUT2D eigenvalue weighted by Crippen LogP contribution is -2.51. The van der Waals surface area contributed by atoms with Gasteiger partial charge in [0.1, 0.15) is 5.75 Å². The van der Waals surface area contributed by atoms with Gasteiger partial charge in [0.15, 0.2) is 6.61 Å². The van der Waals surface area contributed by atoms with Crippen LogP contribution in [0.4, 0.5) is 0 Å².